The molecule has 3 saturated heterocycles. The molecule has 0 radical (unpaired) electrons. The van der Waals surface area contributed by atoms with E-state index in [0.29, 0.717) is 12.1 Å². The Bertz CT molecular complexity index is 1220. The van der Waals surface area contributed by atoms with Crippen LogP contribution in [0, 0.1) is 17.8 Å². The van der Waals surface area contributed by atoms with Crippen LogP contribution >= 0.6 is 11.8 Å². The van der Waals surface area contributed by atoms with Gasteiger partial charge in [0.15, 0.2) is 0 Å². The van der Waals surface area contributed by atoms with Crippen molar-refractivity contribution in [3.05, 3.63) is 42.5 Å². The van der Waals surface area contributed by atoms with E-state index in [1.165, 1.54) is 0 Å². The zero-order chi connectivity index (χ0) is 25.8. The highest BCUT2D eigenvalue weighted by Crippen LogP contribution is 2.71. The van der Waals surface area contributed by atoms with E-state index < -0.39 is 33.4 Å². The van der Waals surface area contributed by atoms with E-state index in [0.717, 1.165) is 17.2 Å². The molecule has 0 aliphatic carbocycles. The average molecular weight is 511 g/mol. The van der Waals surface area contributed by atoms with E-state index in [1.807, 2.05) is 63.2 Å². The van der Waals surface area contributed by atoms with Crippen molar-refractivity contribution in [2.24, 2.45) is 17.8 Å². The Morgan fingerprint density at radius 2 is 1.92 bits per heavy atom. The lowest BCUT2D eigenvalue weighted by molar-refractivity contribution is -0.155. The number of benzene rings is 2. The van der Waals surface area contributed by atoms with Gasteiger partial charge in [-0.25, -0.2) is 0 Å². The number of carbonyl (C=O) groups excluding carboxylic acids is 3. The van der Waals surface area contributed by atoms with E-state index >= 15 is 0 Å². The van der Waals surface area contributed by atoms with Crippen molar-refractivity contribution in [2.75, 3.05) is 18.5 Å². The van der Waals surface area contributed by atoms with Gasteiger partial charge in [0.05, 0.1) is 35.8 Å². The summed E-state index contributed by atoms with van der Waals surface area (Å²) >= 11 is 1.61. The molecule has 2 aromatic carbocycles. The van der Waals surface area contributed by atoms with Gasteiger partial charge in [0, 0.05) is 10.4 Å². The van der Waals surface area contributed by atoms with Crippen LogP contribution in [0.15, 0.2) is 42.5 Å². The minimum Gasteiger partial charge on any atom is -0.466 e. The van der Waals surface area contributed by atoms with E-state index in [4.69, 9.17) is 4.74 Å². The Morgan fingerprint density at radius 1 is 1.19 bits per heavy atom. The molecular formula is C28H34N2O5S. The first-order chi connectivity index (χ1) is 17.2. The van der Waals surface area contributed by atoms with Crippen LogP contribution in [-0.4, -0.2) is 62.6 Å². The summed E-state index contributed by atoms with van der Waals surface area (Å²) in [6, 6.07) is 12.4. The highest BCUT2D eigenvalue weighted by atomic mass is 32.2. The molecule has 192 valence electrons. The van der Waals surface area contributed by atoms with Gasteiger partial charge in [-0.1, -0.05) is 44.2 Å². The van der Waals surface area contributed by atoms with Crippen LogP contribution in [0.1, 0.15) is 40.5 Å². The number of aliphatic hydroxyl groups excluding tert-OH is 1. The summed E-state index contributed by atoms with van der Waals surface area (Å²) < 4.78 is 4.22. The predicted molar refractivity (Wildman–Crippen MR) is 140 cm³/mol. The fraction of sp³-hybridized carbons (Fsp3) is 0.536. The third-order valence-electron chi connectivity index (χ3n) is 8.33. The molecule has 2 aromatic rings. The van der Waals surface area contributed by atoms with Crippen molar-refractivity contribution in [1.29, 1.82) is 0 Å². The van der Waals surface area contributed by atoms with Crippen LogP contribution in [0.25, 0.3) is 10.8 Å². The lowest BCUT2D eigenvalue weighted by Crippen LogP contribution is -2.56. The van der Waals surface area contributed by atoms with Crippen molar-refractivity contribution < 1.29 is 24.2 Å². The number of likely N-dealkylation sites (tertiary alicyclic amines) is 1. The van der Waals surface area contributed by atoms with Crippen LogP contribution in [-0.2, 0) is 19.1 Å². The zero-order valence-corrected chi connectivity index (χ0v) is 22.0. The van der Waals surface area contributed by atoms with E-state index in [-0.39, 0.29) is 36.9 Å². The average Bonchev–Trinajstić information content (AvgIpc) is 3.40. The SMILES string of the molecule is CCOC(=O)[C@@H]1[C@H]2C(=O)N([C@@H](CO)C(C)C)C(C(=O)Nc3ccc4ccccc4c3)C23CC[C@@]1(C)S3. The fourth-order valence-electron chi connectivity index (χ4n) is 6.71. The van der Waals surface area contributed by atoms with Crippen LogP contribution in [0.5, 0.6) is 0 Å². The summed E-state index contributed by atoms with van der Waals surface area (Å²) in [5, 5.41) is 15.4. The maximum absolute atomic E-state index is 14.1. The van der Waals surface area contributed by atoms with Crippen LogP contribution < -0.4 is 5.32 Å². The summed E-state index contributed by atoms with van der Waals surface area (Å²) in [6.45, 7) is 7.65. The number of fused-ring (bicyclic) bond motifs is 2. The molecule has 3 fully saturated rings. The van der Waals surface area contributed by atoms with Gasteiger partial charge in [-0.05, 0) is 55.5 Å². The molecule has 2 N–H and O–H groups in total. The number of hydrogen-bond acceptors (Lipinski definition) is 6. The van der Waals surface area contributed by atoms with Gasteiger partial charge in [-0.3, -0.25) is 14.4 Å². The molecule has 7 nitrogen and oxygen atoms in total. The van der Waals surface area contributed by atoms with Crippen LogP contribution in [0.2, 0.25) is 0 Å². The third kappa shape index (κ3) is 3.64. The second-order valence-corrected chi connectivity index (χ2v) is 12.7. The molecule has 6 atom stereocenters. The topological polar surface area (TPSA) is 95.9 Å². The molecule has 3 aliphatic heterocycles. The van der Waals surface area contributed by atoms with Gasteiger partial charge in [0.2, 0.25) is 11.8 Å². The number of ether oxygens (including phenoxy) is 1. The van der Waals surface area contributed by atoms with Gasteiger partial charge in [-0.2, -0.15) is 0 Å². The van der Waals surface area contributed by atoms with Crippen molar-refractivity contribution in [3.8, 4) is 0 Å². The standard InChI is InChI=1S/C28H34N2O5S/c1-5-35-26(34)22-21-25(33)30(20(15-31)16(2)3)23(28(21)13-12-27(22,4)36-28)24(32)29-19-11-10-17-8-6-7-9-18(17)14-19/h6-11,14,16,20-23,31H,5,12-13,15H2,1-4H3,(H,29,32)/t20-,21-,22-,23?,27+,28?/m0/s1. The maximum atomic E-state index is 14.1. The second-order valence-electron chi connectivity index (χ2n) is 10.8. The molecule has 3 aliphatic rings. The monoisotopic (exact) mass is 510 g/mol. The number of hydrogen-bond donors (Lipinski definition) is 2. The quantitative estimate of drug-likeness (QED) is 0.550. The summed E-state index contributed by atoms with van der Waals surface area (Å²) in [5.41, 5.74) is 0.654. The molecule has 2 bridgehead atoms. The van der Waals surface area contributed by atoms with Crippen molar-refractivity contribution in [2.45, 2.75) is 62.1 Å². The smallest absolute Gasteiger partial charge is 0.311 e. The summed E-state index contributed by atoms with van der Waals surface area (Å²) in [5.74, 6) is -2.20. The Hall–Kier alpha value is -2.58. The first-order valence-electron chi connectivity index (χ1n) is 12.8. The zero-order valence-electron chi connectivity index (χ0n) is 21.2. The molecule has 2 unspecified atom stereocenters. The van der Waals surface area contributed by atoms with Crippen molar-refractivity contribution in [3.63, 3.8) is 0 Å². The molecular weight excluding hydrogens is 476 g/mol. The number of esters is 1. The highest BCUT2D eigenvalue weighted by molar-refractivity contribution is 8.02. The summed E-state index contributed by atoms with van der Waals surface area (Å²) in [6.07, 6.45) is 1.38. The van der Waals surface area contributed by atoms with E-state index in [9.17, 15) is 19.5 Å². The Labute approximate surface area is 215 Å². The van der Waals surface area contributed by atoms with E-state index in [2.05, 4.69) is 5.32 Å². The molecule has 3 heterocycles. The number of thioether (sulfide) groups is 1. The van der Waals surface area contributed by atoms with Gasteiger partial charge < -0.3 is 20.1 Å². The van der Waals surface area contributed by atoms with Gasteiger partial charge in [-0.15, -0.1) is 11.8 Å². The van der Waals surface area contributed by atoms with Crippen LogP contribution in [0.4, 0.5) is 5.69 Å². The Balaban J connectivity index is 1.56. The third-order valence-corrected chi connectivity index (χ3v) is 10.3. The van der Waals surface area contributed by atoms with Crippen molar-refractivity contribution in [1.82, 2.24) is 4.90 Å². The number of carbonyl (C=O) groups is 3. The highest BCUT2D eigenvalue weighted by Gasteiger charge is 2.78. The number of nitrogens with zero attached hydrogens (tertiary/aromatic N) is 1. The maximum Gasteiger partial charge on any atom is 0.311 e. The minimum absolute atomic E-state index is 0.0658. The first-order valence-corrected chi connectivity index (χ1v) is 13.6. The lowest BCUT2D eigenvalue weighted by atomic mass is 9.66. The summed E-state index contributed by atoms with van der Waals surface area (Å²) in [4.78, 5) is 42.9. The molecule has 5 rings (SSSR count). The number of nitrogens with one attached hydrogen (secondary N) is 1. The van der Waals surface area contributed by atoms with Crippen LogP contribution in [0.3, 0.4) is 0 Å². The number of aliphatic hydroxyl groups is 1. The Morgan fingerprint density at radius 3 is 2.58 bits per heavy atom. The lowest BCUT2D eigenvalue weighted by Gasteiger charge is -2.38. The van der Waals surface area contributed by atoms with Gasteiger partial charge in [0.1, 0.15) is 6.04 Å². The molecule has 36 heavy (non-hydrogen) atoms. The molecule has 2 amide bonds. The first kappa shape index (κ1) is 25.1. The normalized spacial score (nSPS) is 31.7. The molecule has 0 saturated carbocycles. The molecule has 8 heteroatoms. The van der Waals surface area contributed by atoms with Gasteiger partial charge in [0.25, 0.3) is 0 Å². The largest absolute Gasteiger partial charge is 0.466 e. The predicted octanol–water partition coefficient (Wildman–Crippen LogP) is 3.84. The molecule has 1 spiro atoms. The van der Waals surface area contributed by atoms with Gasteiger partial charge >= 0.3 is 5.97 Å². The Kier molecular flexibility index (Phi) is 6.32. The van der Waals surface area contributed by atoms with E-state index in [1.54, 1.807) is 23.6 Å². The molecule has 0 aromatic heterocycles. The van der Waals surface area contributed by atoms with Crippen molar-refractivity contribution >= 4 is 46.0 Å². The fourth-order valence-corrected chi connectivity index (χ4v) is 9.04. The number of amides is 2. The summed E-state index contributed by atoms with van der Waals surface area (Å²) in [7, 11) is 0. The number of rotatable bonds is 7. The minimum atomic E-state index is -0.799. The second kappa shape index (κ2) is 9.06. The number of anilines is 1.